The summed E-state index contributed by atoms with van der Waals surface area (Å²) in [5.41, 5.74) is 0.168. The maximum atomic E-state index is 10.4. The highest BCUT2D eigenvalue weighted by Crippen LogP contribution is 2.29. The van der Waals surface area contributed by atoms with Crippen molar-refractivity contribution >= 4 is 5.88 Å². The molecule has 0 saturated heterocycles. The number of rotatable bonds is 4. The van der Waals surface area contributed by atoms with E-state index in [1.54, 1.807) is 6.07 Å². The topological polar surface area (TPSA) is 68.3 Å². The second-order valence-electron chi connectivity index (χ2n) is 4.62. The molecule has 16 heavy (non-hydrogen) atoms. The molecule has 0 aliphatic heterocycles. The van der Waals surface area contributed by atoms with Crippen LogP contribution >= 0.6 is 0 Å². The SMILES string of the molecule is CC1(NCc2ccc([N+](=O)[O-])o2)CCCC1. The van der Waals surface area contributed by atoms with Crippen molar-refractivity contribution in [3.63, 3.8) is 0 Å². The molecule has 0 atom stereocenters. The first-order valence-electron chi connectivity index (χ1n) is 5.57. The molecule has 88 valence electrons. The van der Waals surface area contributed by atoms with E-state index in [0.717, 1.165) is 12.8 Å². The van der Waals surface area contributed by atoms with Crippen LogP contribution in [0.4, 0.5) is 5.88 Å². The fraction of sp³-hybridized carbons (Fsp3) is 0.636. The van der Waals surface area contributed by atoms with E-state index >= 15 is 0 Å². The molecule has 0 bridgehead atoms. The van der Waals surface area contributed by atoms with Gasteiger partial charge in [0, 0.05) is 5.54 Å². The van der Waals surface area contributed by atoms with Crippen molar-refractivity contribution < 1.29 is 9.34 Å². The quantitative estimate of drug-likeness (QED) is 0.630. The Morgan fingerprint density at radius 3 is 2.75 bits per heavy atom. The minimum Gasteiger partial charge on any atom is -0.404 e. The summed E-state index contributed by atoms with van der Waals surface area (Å²) in [4.78, 5) is 9.92. The molecule has 2 rings (SSSR count). The van der Waals surface area contributed by atoms with E-state index in [1.165, 1.54) is 18.9 Å². The van der Waals surface area contributed by atoms with Crippen molar-refractivity contribution in [1.82, 2.24) is 5.32 Å². The van der Waals surface area contributed by atoms with Gasteiger partial charge in [-0.15, -0.1) is 0 Å². The predicted molar refractivity (Wildman–Crippen MR) is 59.1 cm³/mol. The van der Waals surface area contributed by atoms with Crippen LogP contribution in [0.25, 0.3) is 0 Å². The number of furan rings is 1. The normalized spacial score (nSPS) is 18.8. The van der Waals surface area contributed by atoms with Crippen molar-refractivity contribution in [2.75, 3.05) is 0 Å². The van der Waals surface area contributed by atoms with Crippen LogP contribution in [0.1, 0.15) is 38.4 Å². The van der Waals surface area contributed by atoms with Crippen LogP contribution in [0.5, 0.6) is 0 Å². The van der Waals surface area contributed by atoms with Gasteiger partial charge in [0.25, 0.3) is 0 Å². The lowest BCUT2D eigenvalue weighted by Gasteiger charge is -2.24. The Bertz CT molecular complexity index is 380. The van der Waals surface area contributed by atoms with Crippen LogP contribution in [0.3, 0.4) is 0 Å². The molecule has 1 saturated carbocycles. The van der Waals surface area contributed by atoms with Crippen molar-refractivity contribution in [3.05, 3.63) is 28.0 Å². The van der Waals surface area contributed by atoms with Crippen LogP contribution < -0.4 is 5.32 Å². The minimum absolute atomic E-state index is 0.168. The highest BCUT2D eigenvalue weighted by atomic mass is 16.6. The molecule has 1 aliphatic rings. The summed E-state index contributed by atoms with van der Waals surface area (Å²) in [6, 6.07) is 3.05. The fourth-order valence-corrected chi connectivity index (χ4v) is 2.19. The first kappa shape index (κ1) is 11.1. The van der Waals surface area contributed by atoms with Gasteiger partial charge in [-0.1, -0.05) is 12.8 Å². The van der Waals surface area contributed by atoms with Crippen LogP contribution in [0.15, 0.2) is 16.5 Å². The molecular weight excluding hydrogens is 208 g/mol. The molecule has 1 aromatic heterocycles. The third-order valence-electron chi connectivity index (χ3n) is 3.22. The van der Waals surface area contributed by atoms with Crippen molar-refractivity contribution in [2.45, 2.75) is 44.7 Å². The summed E-state index contributed by atoms with van der Waals surface area (Å²) in [6.07, 6.45) is 4.83. The second-order valence-corrected chi connectivity index (χ2v) is 4.62. The molecule has 1 heterocycles. The summed E-state index contributed by atoms with van der Waals surface area (Å²) in [7, 11) is 0. The fourth-order valence-electron chi connectivity index (χ4n) is 2.19. The van der Waals surface area contributed by atoms with Crippen molar-refractivity contribution in [2.24, 2.45) is 0 Å². The number of hydrogen-bond acceptors (Lipinski definition) is 4. The van der Waals surface area contributed by atoms with E-state index in [-0.39, 0.29) is 11.4 Å². The lowest BCUT2D eigenvalue weighted by Crippen LogP contribution is -2.38. The minimum atomic E-state index is -0.513. The molecule has 1 fully saturated rings. The van der Waals surface area contributed by atoms with Gasteiger partial charge in [-0.05, 0) is 25.8 Å². The van der Waals surface area contributed by atoms with Gasteiger partial charge < -0.3 is 9.73 Å². The maximum absolute atomic E-state index is 10.4. The largest absolute Gasteiger partial charge is 0.433 e. The Balaban J connectivity index is 1.91. The predicted octanol–water partition coefficient (Wildman–Crippen LogP) is 2.61. The Hall–Kier alpha value is -1.36. The molecule has 1 N–H and O–H groups in total. The zero-order valence-corrected chi connectivity index (χ0v) is 9.36. The highest BCUT2D eigenvalue weighted by Gasteiger charge is 2.28. The lowest BCUT2D eigenvalue weighted by atomic mass is 10.0. The number of hydrogen-bond donors (Lipinski definition) is 1. The molecule has 0 aromatic carbocycles. The number of nitro groups is 1. The second kappa shape index (κ2) is 4.25. The van der Waals surface area contributed by atoms with E-state index in [2.05, 4.69) is 12.2 Å². The Kier molecular flexibility index (Phi) is 2.96. The van der Waals surface area contributed by atoms with Gasteiger partial charge in [-0.25, -0.2) is 0 Å². The van der Waals surface area contributed by atoms with Crippen molar-refractivity contribution in [3.8, 4) is 0 Å². The van der Waals surface area contributed by atoms with Crippen LogP contribution in [-0.2, 0) is 6.54 Å². The zero-order chi connectivity index (χ0) is 11.6. The van der Waals surface area contributed by atoms with Crippen molar-refractivity contribution in [1.29, 1.82) is 0 Å². The standard InChI is InChI=1S/C11H16N2O3/c1-11(6-2-3-7-11)12-8-9-4-5-10(16-9)13(14)15/h4-5,12H,2-3,6-8H2,1H3. The molecule has 5 heteroatoms. The summed E-state index contributed by atoms with van der Waals surface area (Å²) < 4.78 is 5.09. The van der Waals surface area contributed by atoms with E-state index < -0.39 is 4.92 Å². The molecule has 1 aromatic rings. The maximum Gasteiger partial charge on any atom is 0.433 e. The zero-order valence-electron chi connectivity index (χ0n) is 9.36. The first-order chi connectivity index (χ1) is 7.59. The molecule has 0 amide bonds. The van der Waals surface area contributed by atoms with Crippen LogP contribution in [-0.4, -0.2) is 10.5 Å². The van der Waals surface area contributed by atoms with Crippen LogP contribution in [0.2, 0.25) is 0 Å². The Morgan fingerprint density at radius 1 is 1.50 bits per heavy atom. The first-order valence-corrected chi connectivity index (χ1v) is 5.57. The third kappa shape index (κ3) is 2.41. The van der Waals surface area contributed by atoms with E-state index in [0.29, 0.717) is 12.3 Å². The number of nitrogens with one attached hydrogen (secondary N) is 1. The molecule has 5 nitrogen and oxygen atoms in total. The van der Waals surface area contributed by atoms with E-state index in [4.69, 9.17) is 4.42 Å². The highest BCUT2D eigenvalue weighted by molar-refractivity contribution is 5.17. The van der Waals surface area contributed by atoms with Gasteiger partial charge in [0.05, 0.1) is 12.6 Å². The van der Waals surface area contributed by atoms with Gasteiger partial charge in [0.15, 0.2) is 0 Å². The summed E-state index contributed by atoms with van der Waals surface area (Å²) >= 11 is 0. The molecular formula is C11H16N2O3. The molecule has 1 aliphatic carbocycles. The summed E-state index contributed by atoms with van der Waals surface area (Å²) in [5, 5.41) is 13.8. The monoisotopic (exact) mass is 224 g/mol. The van der Waals surface area contributed by atoms with Crippen LogP contribution in [0, 0.1) is 10.1 Å². The smallest absolute Gasteiger partial charge is 0.404 e. The average molecular weight is 224 g/mol. The van der Waals surface area contributed by atoms with E-state index in [1.807, 2.05) is 0 Å². The molecule has 0 unspecified atom stereocenters. The van der Waals surface area contributed by atoms with Gasteiger partial charge >= 0.3 is 5.88 Å². The van der Waals surface area contributed by atoms with Gasteiger partial charge in [0.2, 0.25) is 0 Å². The lowest BCUT2D eigenvalue weighted by molar-refractivity contribution is -0.402. The van der Waals surface area contributed by atoms with Gasteiger partial charge in [0.1, 0.15) is 10.7 Å². The Morgan fingerprint density at radius 2 is 2.19 bits per heavy atom. The van der Waals surface area contributed by atoms with Gasteiger partial charge in [-0.2, -0.15) is 0 Å². The summed E-state index contributed by atoms with van der Waals surface area (Å²) in [6.45, 7) is 2.75. The molecule has 0 radical (unpaired) electrons. The Labute approximate surface area is 94.0 Å². The average Bonchev–Trinajstić information content (AvgIpc) is 2.84. The number of nitrogens with zero attached hydrogens (tertiary/aromatic N) is 1. The summed E-state index contributed by atoms with van der Waals surface area (Å²) in [5.74, 6) is 0.438. The molecule has 0 spiro atoms. The third-order valence-corrected chi connectivity index (χ3v) is 3.22. The van der Waals surface area contributed by atoms with Gasteiger partial charge in [-0.3, -0.25) is 10.1 Å². The van der Waals surface area contributed by atoms with E-state index in [9.17, 15) is 10.1 Å².